The molecule has 0 amide bonds. The van der Waals surface area contributed by atoms with E-state index in [0.29, 0.717) is 0 Å². The van der Waals surface area contributed by atoms with E-state index >= 15 is 0 Å². The van der Waals surface area contributed by atoms with Gasteiger partial charge in [0.25, 0.3) is 0 Å². The highest BCUT2D eigenvalue weighted by Crippen LogP contribution is 2.51. The number of fused-ring (bicyclic) bond motifs is 2. The molecule has 0 spiro atoms. The molecule has 2 heterocycles. The fourth-order valence-electron chi connectivity index (χ4n) is 4.16. The van der Waals surface area contributed by atoms with Crippen molar-refractivity contribution >= 4 is 7.28 Å². The standard InChI is InChI=1S/C17H21BF3/c19-17(20,21)14-8-6-13(7-9-14)12-16-10-2-1-4-15(18-16)5-3-11-16/h6-9,15H,1-5,10-12H2. The maximum atomic E-state index is 12.6. The average molecular weight is 293 g/mol. The van der Waals surface area contributed by atoms with Crippen LogP contribution in [-0.4, -0.2) is 7.28 Å². The van der Waals surface area contributed by atoms with Crippen molar-refractivity contribution in [1.29, 1.82) is 0 Å². The van der Waals surface area contributed by atoms with Crippen LogP contribution in [-0.2, 0) is 12.6 Å². The third-order valence-corrected chi connectivity index (χ3v) is 5.18. The van der Waals surface area contributed by atoms with Crippen molar-refractivity contribution in [2.24, 2.45) is 0 Å². The van der Waals surface area contributed by atoms with Gasteiger partial charge in [-0.05, 0) is 24.1 Å². The van der Waals surface area contributed by atoms with E-state index < -0.39 is 11.7 Å². The van der Waals surface area contributed by atoms with E-state index in [9.17, 15) is 13.2 Å². The van der Waals surface area contributed by atoms with Gasteiger partial charge in [0.15, 0.2) is 0 Å². The van der Waals surface area contributed by atoms with Crippen LogP contribution in [0.3, 0.4) is 0 Å². The second kappa shape index (κ2) is 5.70. The zero-order valence-corrected chi connectivity index (χ0v) is 12.3. The van der Waals surface area contributed by atoms with Crippen molar-refractivity contribution in [2.45, 2.75) is 68.7 Å². The highest BCUT2D eigenvalue weighted by atomic mass is 19.4. The number of hydrogen-bond acceptors (Lipinski definition) is 0. The molecule has 0 N–H and O–H groups in total. The van der Waals surface area contributed by atoms with E-state index in [1.165, 1.54) is 57.1 Å². The van der Waals surface area contributed by atoms with Crippen LogP contribution in [0.1, 0.15) is 56.1 Å². The van der Waals surface area contributed by atoms with E-state index in [1.54, 1.807) is 12.1 Å². The van der Waals surface area contributed by atoms with Crippen molar-refractivity contribution in [3.63, 3.8) is 0 Å². The van der Waals surface area contributed by atoms with Crippen molar-refractivity contribution in [3.8, 4) is 0 Å². The molecule has 2 aliphatic heterocycles. The molecule has 1 aromatic carbocycles. The molecule has 0 saturated carbocycles. The van der Waals surface area contributed by atoms with Crippen LogP contribution >= 0.6 is 0 Å². The Hall–Kier alpha value is -0.925. The average Bonchev–Trinajstić information content (AvgIpc) is 2.57. The van der Waals surface area contributed by atoms with Gasteiger partial charge in [0.1, 0.15) is 7.28 Å². The molecule has 0 aliphatic carbocycles. The van der Waals surface area contributed by atoms with Gasteiger partial charge in [-0.15, -0.1) is 0 Å². The molecule has 2 unspecified atom stereocenters. The lowest BCUT2D eigenvalue weighted by molar-refractivity contribution is -0.137. The molecular formula is C17H21BF3. The van der Waals surface area contributed by atoms with Crippen molar-refractivity contribution in [1.82, 2.24) is 0 Å². The van der Waals surface area contributed by atoms with Gasteiger partial charge in [0.05, 0.1) is 5.56 Å². The molecule has 2 saturated heterocycles. The summed E-state index contributed by atoms with van der Waals surface area (Å²) in [6.45, 7) is 0. The van der Waals surface area contributed by atoms with Gasteiger partial charge in [-0.1, -0.05) is 68.2 Å². The van der Waals surface area contributed by atoms with Crippen LogP contribution in [0.4, 0.5) is 13.2 Å². The van der Waals surface area contributed by atoms with E-state index in [0.717, 1.165) is 17.8 Å². The lowest BCUT2D eigenvalue weighted by Crippen LogP contribution is -2.29. The normalized spacial score (nSPS) is 29.6. The third kappa shape index (κ3) is 3.46. The van der Waals surface area contributed by atoms with E-state index in [-0.39, 0.29) is 5.31 Å². The summed E-state index contributed by atoms with van der Waals surface area (Å²) in [5.74, 6) is 0.732. The SMILES string of the molecule is FC(F)(F)c1ccc(CC23[B]C(CCCC2)CCC3)cc1. The molecule has 3 rings (SSSR count). The van der Waals surface area contributed by atoms with E-state index in [4.69, 9.17) is 0 Å². The Bertz CT molecular complexity index is 480. The summed E-state index contributed by atoms with van der Waals surface area (Å²) in [5.41, 5.74) is 0.497. The Balaban J connectivity index is 1.75. The molecule has 1 aromatic rings. The van der Waals surface area contributed by atoms with Crippen LogP contribution in [0, 0.1) is 0 Å². The number of halogens is 3. The zero-order valence-electron chi connectivity index (χ0n) is 12.3. The minimum atomic E-state index is -4.23. The Morgan fingerprint density at radius 2 is 1.67 bits per heavy atom. The second-order valence-corrected chi connectivity index (χ2v) is 6.80. The Labute approximate surface area is 125 Å². The summed E-state index contributed by atoms with van der Waals surface area (Å²) in [5, 5.41) is 0.235. The van der Waals surface area contributed by atoms with Gasteiger partial charge >= 0.3 is 6.18 Å². The quantitative estimate of drug-likeness (QED) is 0.617. The molecule has 21 heavy (non-hydrogen) atoms. The van der Waals surface area contributed by atoms with Crippen LogP contribution in [0.15, 0.2) is 24.3 Å². The molecule has 0 aromatic heterocycles. The highest BCUT2D eigenvalue weighted by Gasteiger charge is 2.38. The second-order valence-electron chi connectivity index (χ2n) is 6.80. The molecule has 2 aliphatic rings. The molecule has 113 valence electrons. The largest absolute Gasteiger partial charge is 0.416 e. The van der Waals surface area contributed by atoms with Gasteiger partial charge in [0.2, 0.25) is 0 Å². The molecule has 1 radical (unpaired) electrons. The summed E-state index contributed by atoms with van der Waals surface area (Å²) in [6.07, 6.45) is 5.49. The predicted molar refractivity (Wildman–Crippen MR) is 79.7 cm³/mol. The monoisotopic (exact) mass is 293 g/mol. The number of alkyl halides is 3. The molecule has 2 fully saturated rings. The van der Waals surface area contributed by atoms with Crippen molar-refractivity contribution < 1.29 is 13.2 Å². The van der Waals surface area contributed by atoms with Gasteiger partial charge in [-0.25, -0.2) is 0 Å². The van der Waals surface area contributed by atoms with Crippen molar-refractivity contribution in [3.05, 3.63) is 35.4 Å². The Kier molecular flexibility index (Phi) is 4.07. The number of benzene rings is 1. The molecule has 2 bridgehead atoms. The van der Waals surface area contributed by atoms with Crippen molar-refractivity contribution in [2.75, 3.05) is 0 Å². The lowest BCUT2D eigenvalue weighted by atomic mass is 9.38. The van der Waals surface area contributed by atoms with Gasteiger partial charge in [-0.2, -0.15) is 13.2 Å². The van der Waals surface area contributed by atoms with Gasteiger partial charge in [-0.3, -0.25) is 0 Å². The van der Waals surface area contributed by atoms with E-state index in [2.05, 4.69) is 7.28 Å². The minimum Gasteiger partial charge on any atom is -0.166 e. The smallest absolute Gasteiger partial charge is 0.166 e. The highest BCUT2D eigenvalue weighted by molar-refractivity contribution is 6.42. The molecule has 4 heteroatoms. The summed E-state index contributed by atoms with van der Waals surface area (Å²) in [7, 11) is 2.54. The minimum absolute atomic E-state index is 0.235. The van der Waals surface area contributed by atoms with E-state index in [1.807, 2.05) is 0 Å². The number of hydrogen-bond donors (Lipinski definition) is 0. The third-order valence-electron chi connectivity index (χ3n) is 5.18. The number of rotatable bonds is 2. The van der Waals surface area contributed by atoms with Crippen LogP contribution in [0.25, 0.3) is 0 Å². The lowest BCUT2D eigenvalue weighted by Gasteiger charge is -2.39. The molecule has 0 nitrogen and oxygen atoms in total. The topological polar surface area (TPSA) is 0 Å². The zero-order chi connectivity index (χ0) is 14.9. The first kappa shape index (κ1) is 15.0. The fourth-order valence-corrected chi connectivity index (χ4v) is 4.16. The maximum Gasteiger partial charge on any atom is 0.416 e. The first-order chi connectivity index (χ1) is 9.97. The summed E-state index contributed by atoms with van der Waals surface area (Å²) in [4.78, 5) is 0. The Morgan fingerprint density at radius 3 is 2.38 bits per heavy atom. The summed E-state index contributed by atoms with van der Waals surface area (Å²) in [6, 6.07) is 5.78. The van der Waals surface area contributed by atoms with Crippen LogP contribution < -0.4 is 0 Å². The first-order valence-corrected chi connectivity index (χ1v) is 7.99. The maximum absolute atomic E-state index is 12.6. The molecule has 2 atom stereocenters. The predicted octanol–water partition coefficient (Wildman–Crippen LogP) is 5.66. The first-order valence-electron chi connectivity index (χ1n) is 7.99. The van der Waals surface area contributed by atoms with Crippen LogP contribution in [0.2, 0.25) is 11.1 Å². The molecular weight excluding hydrogens is 272 g/mol. The van der Waals surface area contributed by atoms with Crippen LogP contribution in [0.5, 0.6) is 0 Å². The van der Waals surface area contributed by atoms with Gasteiger partial charge < -0.3 is 0 Å². The Morgan fingerprint density at radius 1 is 1.00 bits per heavy atom. The fraction of sp³-hybridized carbons (Fsp3) is 0.647. The summed E-state index contributed by atoms with van der Waals surface area (Å²) >= 11 is 0. The van der Waals surface area contributed by atoms with Gasteiger partial charge in [0, 0.05) is 0 Å². The summed E-state index contributed by atoms with van der Waals surface area (Å²) < 4.78 is 37.9.